The van der Waals surface area contributed by atoms with E-state index in [1.165, 1.54) is 75.8 Å². The molecule has 6 rings (SSSR count). The highest BCUT2D eigenvalue weighted by atomic mass is 14.9. The Morgan fingerprint density at radius 1 is 0.778 bits per heavy atom. The highest BCUT2D eigenvalue weighted by molar-refractivity contribution is 6.23. The van der Waals surface area contributed by atoms with Crippen molar-refractivity contribution in [1.29, 1.82) is 0 Å². The molecule has 0 unspecified atom stereocenters. The molecular formula is C24H25N3. The maximum absolute atomic E-state index is 4.38. The standard InChI is InChI=1S/C22H19N3.C2H6/c1-2-4-14(5-3-1)15-10-18-16-6-8-23-12-20(16)25-21-13-24-9-7-17(21)19(11-15)22(18)25;1-2/h6-14H,1-5H2;1-2H3. The number of nitrogens with zero attached hydrogens (tertiary/aromatic N) is 3. The maximum atomic E-state index is 4.38. The summed E-state index contributed by atoms with van der Waals surface area (Å²) in [7, 11) is 0. The molecule has 1 aliphatic carbocycles. The van der Waals surface area contributed by atoms with Crippen molar-refractivity contribution >= 4 is 38.1 Å². The minimum Gasteiger partial charge on any atom is -0.305 e. The van der Waals surface area contributed by atoms with Crippen LogP contribution in [0.3, 0.4) is 0 Å². The second-order valence-electron chi connectivity index (χ2n) is 7.42. The number of hydrogen-bond acceptors (Lipinski definition) is 2. The van der Waals surface area contributed by atoms with E-state index in [2.05, 4.69) is 38.6 Å². The lowest BCUT2D eigenvalue weighted by atomic mass is 9.83. The average molecular weight is 355 g/mol. The van der Waals surface area contributed by atoms with Crippen molar-refractivity contribution < 1.29 is 0 Å². The third-order valence-electron chi connectivity index (χ3n) is 6.09. The van der Waals surface area contributed by atoms with Crippen LogP contribution in [0, 0.1) is 0 Å². The van der Waals surface area contributed by atoms with Gasteiger partial charge in [0.2, 0.25) is 0 Å². The fourth-order valence-corrected chi connectivity index (χ4v) is 4.93. The van der Waals surface area contributed by atoms with E-state index in [9.17, 15) is 0 Å². The Morgan fingerprint density at radius 2 is 1.33 bits per heavy atom. The second-order valence-corrected chi connectivity index (χ2v) is 7.42. The van der Waals surface area contributed by atoms with Crippen molar-refractivity contribution in [3.8, 4) is 0 Å². The minimum atomic E-state index is 0.709. The largest absolute Gasteiger partial charge is 0.305 e. The summed E-state index contributed by atoms with van der Waals surface area (Å²) in [4.78, 5) is 8.77. The van der Waals surface area contributed by atoms with Gasteiger partial charge in [0.15, 0.2) is 0 Å². The van der Waals surface area contributed by atoms with Crippen LogP contribution in [0.4, 0.5) is 0 Å². The Bertz CT molecular complexity index is 1150. The Labute approximate surface area is 159 Å². The number of hydrogen-bond donors (Lipinski definition) is 0. The number of rotatable bonds is 1. The lowest BCUT2D eigenvalue weighted by molar-refractivity contribution is 0.444. The predicted octanol–water partition coefficient (Wildman–Crippen LogP) is 6.70. The van der Waals surface area contributed by atoms with Crippen LogP contribution in [-0.4, -0.2) is 14.4 Å². The normalized spacial score (nSPS) is 15.6. The van der Waals surface area contributed by atoms with Gasteiger partial charge in [-0.2, -0.15) is 0 Å². The van der Waals surface area contributed by atoms with Crippen molar-refractivity contribution in [2.45, 2.75) is 51.9 Å². The zero-order chi connectivity index (χ0) is 18.4. The summed E-state index contributed by atoms with van der Waals surface area (Å²) >= 11 is 0. The Morgan fingerprint density at radius 3 is 1.89 bits per heavy atom. The molecule has 0 amide bonds. The maximum Gasteiger partial charge on any atom is 0.0725 e. The van der Waals surface area contributed by atoms with Crippen LogP contribution < -0.4 is 0 Å². The van der Waals surface area contributed by atoms with Gasteiger partial charge in [0, 0.05) is 33.9 Å². The summed E-state index contributed by atoms with van der Waals surface area (Å²) in [5.74, 6) is 0.709. The van der Waals surface area contributed by atoms with Crippen molar-refractivity contribution in [3.63, 3.8) is 0 Å². The molecule has 0 N–H and O–H groups in total. The molecule has 27 heavy (non-hydrogen) atoms. The van der Waals surface area contributed by atoms with Crippen LogP contribution in [0.5, 0.6) is 0 Å². The smallest absolute Gasteiger partial charge is 0.0725 e. The number of fused-ring (bicyclic) bond motifs is 6. The molecule has 0 bridgehead atoms. The molecule has 3 heteroatoms. The first-order chi connectivity index (χ1) is 13.4. The van der Waals surface area contributed by atoms with Gasteiger partial charge >= 0.3 is 0 Å². The van der Waals surface area contributed by atoms with E-state index in [1.807, 2.05) is 38.6 Å². The summed E-state index contributed by atoms with van der Waals surface area (Å²) < 4.78 is 2.35. The molecule has 0 spiro atoms. The second kappa shape index (κ2) is 6.49. The Balaban J connectivity index is 0.000000777. The summed E-state index contributed by atoms with van der Waals surface area (Å²) in [6.45, 7) is 4.00. The van der Waals surface area contributed by atoms with E-state index >= 15 is 0 Å². The third kappa shape index (κ3) is 2.34. The van der Waals surface area contributed by atoms with Gasteiger partial charge in [0.1, 0.15) is 0 Å². The van der Waals surface area contributed by atoms with Gasteiger partial charge in [-0.1, -0.05) is 33.1 Å². The monoisotopic (exact) mass is 355 g/mol. The molecule has 0 radical (unpaired) electrons. The fraction of sp³-hybridized carbons (Fsp3) is 0.333. The number of pyridine rings is 2. The van der Waals surface area contributed by atoms with E-state index in [4.69, 9.17) is 0 Å². The predicted molar refractivity (Wildman–Crippen MR) is 114 cm³/mol. The number of aromatic nitrogens is 3. The lowest BCUT2D eigenvalue weighted by Crippen LogP contribution is -2.04. The molecule has 4 heterocycles. The zero-order valence-corrected chi connectivity index (χ0v) is 16.1. The van der Waals surface area contributed by atoms with Crippen molar-refractivity contribution in [3.05, 3.63) is 54.6 Å². The molecule has 1 aromatic carbocycles. The summed E-state index contributed by atoms with van der Waals surface area (Å²) in [6, 6.07) is 9.22. The summed E-state index contributed by atoms with van der Waals surface area (Å²) in [6.07, 6.45) is 14.6. The molecule has 1 aliphatic rings. The van der Waals surface area contributed by atoms with Gasteiger partial charge in [-0.3, -0.25) is 9.97 Å². The highest BCUT2D eigenvalue weighted by Crippen LogP contribution is 2.42. The SMILES string of the molecule is CC.c1cc2c3cc(C4CCCCC4)cc4c5ccncc5n(c2cn1)c34. The number of benzene rings is 1. The van der Waals surface area contributed by atoms with Crippen LogP contribution in [0.25, 0.3) is 38.1 Å². The topological polar surface area (TPSA) is 30.2 Å². The van der Waals surface area contributed by atoms with Crippen LogP contribution >= 0.6 is 0 Å². The molecule has 4 aromatic heterocycles. The molecule has 1 fully saturated rings. The van der Waals surface area contributed by atoms with E-state index in [-0.39, 0.29) is 0 Å². The van der Waals surface area contributed by atoms with E-state index in [0.29, 0.717) is 5.92 Å². The average Bonchev–Trinajstić information content (AvgIpc) is 3.27. The zero-order valence-electron chi connectivity index (χ0n) is 16.1. The van der Waals surface area contributed by atoms with E-state index < -0.39 is 0 Å². The fourth-order valence-electron chi connectivity index (χ4n) is 4.93. The van der Waals surface area contributed by atoms with Crippen LogP contribution in [-0.2, 0) is 0 Å². The van der Waals surface area contributed by atoms with Gasteiger partial charge < -0.3 is 4.40 Å². The van der Waals surface area contributed by atoms with Crippen LogP contribution in [0.1, 0.15) is 57.4 Å². The molecule has 0 saturated heterocycles. The van der Waals surface area contributed by atoms with Crippen molar-refractivity contribution in [2.75, 3.05) is 0 Å². The molecule has 0 aliphatic heterocycles. The summed E-state index contributed by atoms with van der Waals surface area (Å²) in [5.41, 5.74) is 5.21. The quantitative estimate of drug-likeness (QED) is 0.335. The van der Waals surface area contributed by atoms with Gasteiger partial charge in [0.05, 0.1) is 28.9 Å². The molecule has 1 saturated carbocycles. The molecule has 3 nitrogen and oxygen atoms in total. The van der Waals surface area contributed by atoms with E-state index in [0.717, 1.165) is 0 Å². The van der Waals surface area contributed by atoms with Gasteiger partial charge in [0.25, 0.3) is 0 Å². The first-order valence-corrected chi connectivity index (χ1v) is 10.3. The lowest BCUT2D eigenvalue weighted by Gasteiger charge is -2.22. The van der Waals surface area contributed by atoms with Crippen LogP contribution in [0.15, 0.2) is 49.1 Å². The minimum absolute atomic E-state index is 0.709. The molecule has 136 valence electrons. The first-order valence-electron chi connectivity index (χ1n) is 10.3. The molecule has 5 aromatic rings. The van der Waals surface area contributed by atoms with Crippen molar-refractivity contribution in [2.24, 2.45) is 0 Å². The van der Waals surface area contributed by atoms with Gasteiger partial charge in [-0.25, -0.2) is 0 Å². The van der Waals surface area contributed by atoms with Crippen LogP contribution in [0.2, 0.25) is 0 Å². The van der Waals surface area contributed by atoms with Crippen molar-refractivity contribution in [1.82, 2.24) is 14.4 Å². The highest BCUT2D eigenvalue weighted by Gasteiger charge is 2.22. The third-order valence-corrected chi connectivity index (χ3v) is 6.09. The first kappa shape index (κ1) is 16.5. The van der Waals surface area contributed by atoms with Gasteiger partial charge in [-0.05, 0) is 48.6 Å². The molecule has 0 atom stereocenters. The summed E-state index contributed by atoms with van der Waals surface area (Å²) in [5, 5.41) is 5.34. The molecular weight excluding hydrogens is 330 g/mol. The van der Waals surface area contributed by atoms with E-state index in [1.54, 1.807) is 0 Å². The van der Waals surface area contributed by atoms with Gasteiger partial charge in [-0.15, -0.1) is 0 Å². The Kier molecular flexibility index (Phi) is 3.96. The Hall–Kier alpha value is -2.68.